The van der Waals surface area contributed by atoms with E-state index < -0.39 is 0 Å². The fraction of sp³-hybridized carbons (Fsp3) is 0.933. The SMILES string of the molecule is CCCCCC1CCC(C2=[S+]CCCS2)CC1. The molecule has 1 fully saturated rings. The van der Waals surface area contributed by atoms with Gasteiger partial charge in [0.05, 0.1) is 0 Å². The van der Waals surface area contributed by atoms with Gasteiger partial charge >= 0.3 is 0 Å². The smallest absolute Gasteiger partial charge is 0.0694 e. The van der Waals surface area contributed by atoms with Crippen LogP contribution in [0.1, 0.15) is 64.7 Å². The van der Waals surface area contributed by atoms with Crippen LogP contribution in [0.15, 0.2) is 0 Å². The summed E-state index contributed by atoms with van der Waals surface area (Å²) >= 11 is 4.34. The summed E-state index contributed by atoms with van der Waals surface area (Å²) in [6, 6.07) is 0. The Morgan fingerprint density at radius 3 is 2.65 bits per heavy atom. The largest absolute Gasteiger partial charge is 0.237 e. The summed E-state index contributed by atoms with van der Waals surface area (Å²) in [4.78, 5) is 0. The van der Waals surface area contributed by atoms with Gasteiger partial charge in [0.25, 0.3) is 0 Å². The topological polar surface area (TPSA) is 0 Å². The minimum absolute atomic E-state index is 0.965. The van der Waals surface area contributed by atoms with E-state index >= 15 is 0 Å². The average molecular weight is 272 g/mol. The maximum Gasteiger partial charge on any atom is 0.237 e. The third-order valence-electron chi connectivity index (χ3n) is 4.17. The molecule has 0 aromatic carbocycles. The summed E-state index contributed by atoms with van der Waals surface area (Å²) in [5, 5.41) is 0. The molecule has 0 aromatic heterocycles. The van der Waals surface area contributed by atoms with Gasteiger partial charge in [0.1, 0.15) is 0 Å². The minimum Gasteiger partial charge on any atom is -0.0694 e. The van der Waals surface area contributed by atoms with Gasteiger partial charge in [0.15, 0.2) is 17.1 Å². The molecule has 1 heterocycles. The first kappa shape index (κ1) is 13.9. The van der Waals surface area contributed by atoms with E-state index in [0.29, 0.717) is 0 Å². The molecule has 0 radical (unpaired) electrons. The van der Waals surface area contributed by atoms with Crippen molar-refractivity contribution in [2.75, 3.05) is 11.5 Å². The van der Waals surface area contributed by atoms with Crippen LogP contribution >= 0.6 is 11.8 Å². The van der Waals surface area contributed by atoms with Crippen molar-refractivity contribution in [3.05, 3.63) is 0 Å². The lowest BCUT2D eigenvalue weighted by Crippen LogP contribution is -2.23. The van der Waals surface area contributed by atoms with E-state index in [9.17, 15) is 0 Å². The van der Waals surface area contributed by atoms with Gasteiger partial charge in [-0.1, -0.05) is 44.4 Å². The van der Waals surface area contributed by atoms with Crippen molar-refractivity contribution in [2.45, 2.75) is 64.7 Å². The molecule has 1 saturated carbocycles. The number of hydrogen-bond donors (Lipinski definition) is 0. The number of thioether (sulfide) groups is 1. The van der Waals surface area contributed by atoms with Crippen LogP contribution in [0.2, 0.25) is 0 Å². The van der Waals surface area contributed by atoms with Gasteiger partial charge in [-0.3, -0.25) is 0 Å². The first-order valence-corrected chi connectivity index (χ1v) is 9.49. The quantitative estimate of drug-likeness (QED) is 0.396. The normalized spacial score (nSPS) is 30.1. The van der Waals surface area contributed by atoms with Crippen LogP contribution in [0.4, 0.5) is 0 Å². The second-order valence-corrected chi connectivity index (χ2v) is 8.11. The lowest BCUT2D eigenvalue weighted by Gasteiger charge is -2.27. The van der Waals surface area contributed by atoms with Crippen molar-refractivity contribution < 1.29 is 0 Å². The third-order valence-corrected chi connectivity index (χ3v) is 7.10. The molecule has 0 bridgehead atoms. The van der Waals surface area contributed by atoms with E-state index in [1.165, 1.54) is 69.3 Å². The van der Waals surface area contributed by atoms with Crippen molar-refractivity contribution in [2.24, 2.45) is 11.8 Å². The van der Waals surface area contributed by atoms with E-state index in [1.807, 2.05) is 0 Å². The third kappa shape index (κ3) is 4.55. The van der Waals surface area contributed by atoms with Gasteiger partial charge in [0.2, 0.25) is 4.20 Å². The molecule has 0 saturated heterocycles. The Labute approximate surface area is 115 Å². The van der Waals surface area contributed by atoms with E-state index in [0.717, 1.165) is 11.8 Å². The first-order valence-electron chi connectivity index (χ1n) is 7.52. The molecule has 17 heavy (non-hydrogen) atoms. The zero-order chi connectivity index (χ0) is 11.9. The molecule has 2 heteroatoms. The molecule has 98 valence electrons. The molecule has 1 aliphatic carbocycles. The summed E-state index contributed by atoms with van der Waals surface area (Å²) in [7, 11) is 0. The van der Waals surface area contributed by atoms with Crippen LogP contribution in [0.5, 0.6) is 0 Å². The Balaban J connectivity index is 1.68. The molecule has 0 amide bonds. The van der Waals surface area contributed by atoms with Crippen LogP contribution < -0.4 is 0 Å². The van der Waals surface area contributed by atoms with Crippen molar-refractivity contribution in [3.8, 4) is 0 Å². The maximum atomic E-state index is 2.31. The van der Waals surface area contributed by atoms with E-state index in [-0.39, 0.29) is 0 Å². The van der Waals surface area contributed by atoms with E-state index in [4.69, 9.17) is 0 Å². The predicted octanol–water partition coefficient (Wildman–Crippen LogP) is 4.72. The van der Waals surface area contributed by atoms with Crippen molar-refractivity contribution in [1.29, 1.82) is 0 Å². The first-order chi connectivity index (χ1) is 8.40. The van der Waals surface area contributed by atoms with Crippen LogP contribution in [0.3, 0.4) is 0 Å². The summed E-state index contributed by atoms with van der Waals surface area (Å²) in [5.74, 6) is 4.81. The van der Waals surface area contributed by atoms with Crippen LogP contribution in [-0.4, -0.2) is 15.7 Å². The van der Waals surface area contributed by atoms with Gasteiger partial charge in [-0.05, 0) is 31.6 Å². The molecule has 0 atom stereocenters. The standard InChI is InChI=1S/C15H27S2/c1-2-3-4-6-13-7-9-14(10-8-13)15-16-11-5-12-17-15/h13-14H,2-12H2,1H3/q+1. The molecule has 0 N–H and O–H groups in total. The Morgan fingerprint density at radius 1 is 1.18 bits per heavy atom. The maximum absolute atomic E-state index is 2.31. The lowest BCUT2D eigenvalue weighted by atomic mass is 9.80. The molecule has 0 aromatic rings. The molecule has 2 aliphatic rings. The van der Waals surface area contributed by atoms with Gasteiger partial charge in [0, 0.05) is 18.1 Å². The molecule has 2 rings (SSSR count). The summed E-state index contributed by atoms with van der Waals surface area (Å²) < 4.78 is 1.79. The predicted molar refractivity (Wildman–Crippen MR) is 83.9 cm³/mol. The highest BCUT2D eigenvalue weighted by atomic mass is 32.2. The fourth-order valence-electron chi connectivity index (χ4n) is 3.05. The lowest BCUT2D eigenvalue weighted by molar-refractivity contribution is 0.302. The Morgan fingerprint density at radius 2 is 2.00 bits per heavy atom. The highest BCUT2D eigenvalue weighted by Gasteiger charge is 2.31. The van der Waals surface area contributed by atoms with Crippen LogP contribution in [-0.2, 0) is 11.4 Å². The monoisotopic (exact) mass is 271 g/mol. The second-order valence-electron chi connectivity index (χ2n) is 5.58. The zero-order valence-electron chi connectivity index (χ0n) is 11.2. The Kier molecular flexibility index (Phi) is 6.35. The molecule has 0 spiro atoms. The fourth-order valence-corrected chi connectivity index (χ4v) is 5.99. The minimum atomic E-state index is 0.965. The Bertz CT molecular complexity index is 239. The average Bonchev–Trinajstić information content (AvgIpc) is 2.41. The summed E-state index contributed by atoms with van der Waals surface area (Å²) in [5.41, 5.74) is 0. The Hall–Kier alpha value is 0.440. The number of unbranched alkanes of at least 4 members (excludes halogenated alkanes) is 2. The molecule has 1 aliphatic heterocycles. The van der Waals surface area contributed by atoms with Gasteiger partial charge in [-0.25, -0.2) is 0 Å². The molecular formula is C15H27S2+. The van der Waals surface area contributed by atoms with Gasteiger partial charge < -0.3 is 0 Å². The summed E-state index contributed by atoms with van der Waals surface area (Å²) in [6.07, 6.45) is 13.2. The van der Waals surface area contributed by atoms with Gasteiger partial charge in [-0.15, -0.1) is 0 Å². The van der Waals surface area contributed by atoms with E-state index in [1.54, 1.807) is 4.20 Å². The molecule has 0 unspecified atom stereocenters. The van der Waals surface area contributed by atoms with Crippen molar-refractivity contribution in [1.82, 2.24) is 0 Å². The highest BCUT2D eigenvalue weighted by molar-refractivity contribution is 8.23. The summed E-state index contributed by atoms with van der Waals surface area (Å²) in [6.45, 7) is 2.31. The molecule has 0 nitrogen and oxygen atoms in total. The van der Waals surface area contributed by atoms with Crippen molar-refractivity contribution >= 4 is 27.3 Å². The number of rotatable bonds is 5. The second kappa shape index (κ2) is 7.78. The van der Waals surface area contributed by atoms with Crippen LogP contribution in [0.25, 0.3) is 0 Å². The van der Waals surface area contributed by atoms with Crippen molar-refractivity contribution in [3.63, 3.8) is 0 Å². The molecular weight excluding hydrogens is 244 g/mol. The highest BCUT2D eigenvalue weighted by Crippen LogP contribution is 2.35. The van der Waals surface area contributed by atoms with Gasteiger partial charge in [-0.2, -0.15) is 0 Å². The van der Waals surface area contributed by atoms with Crippen LogP contribution in [0, 0.1) is 11.8 Å². The number of hydrogen-bond acceptors (Lipinski definition) is 1. The zero-order valence-corrected chi connectivity index (χ0v) is 12.9. The van der Waals surface area contributed by atoms with E-state index in [2.05, 4.69) is 30.0 Å².